The summed E-state index contributed by atoms with van der Waals surface area (Å²) in [5, 5.41) is 7.43. The predicted molar refractivity (Wildman–Crippen MR) is 65.7 cm³/mol. The number of piperazine rings is 1. The Morgan fingerprint density at radius 3 is 3.18 bits per heavy atom. The third-order valence-electron chi connectivity index (χ3n) is 3.08. The van der Waals surface area contributed by atoms with Crippen molar-refractivity contribution in [2.24, 2.45) is 0 Å². The largest absolute Gasteiger partial charge is 0.338 e. The monoisotopic (exact) mass is 238 g/mol. The van der Waals surface area contributed by atoms with Gasteiger partial charge in [-0.3, -0.25) is 4.90 Å². The smallest absolute Gasteiger partial charge is 0.240 e. The van der Waals surface area contributed by atoms with Gasteiger partial charge in [-0.15, -0.1) is 0 Å². The number of aromatic nitrogens is 2. The predicted octanol–water partition coefficient (Wildman–Crippen LogP) is 1.21. The van der Waals surface area contributed by atoms with Crippen LogP contribution in [0, 0.1) is 0 Å². The van der Waals surface area contributed by atoms with Crippen molar-refractivity contribution in [3.63, 3.8) is 0 Å². The summed E-state index contributed by atoms with van der Waals surface area (Å²) in [5.41, 5.74) is 0. The Balaban J connectivity index is 1.83. The highest BCUT2D eigenvalue weighted by Crippen LogP contribution is 2.07. The van der Waals surface area contributed by atoms with E-state index in [1.165, 1.54) is 6.42 Å². The summed E-state index contributed by atoms with van der Waals surface area (Å²) in [7, 11) is 0. The molecule has 1 aliphatic rings. The van der Waals surface area contributed by atoms with E-state index in [1.54, 1.807) is 0 Å². The molecule has 5 heteroatoms. The Morgan fingerprint density at radius 1 is 1.53 bits per heavy atom. The highest BCUT2D eigenvalue weighted by molar-refractivity contribution is 4.88. The SMILES string of the molecule is CCCCc1noc(CN2CCNC(C)C2)n1. The van der Waals surface area contributed by atoms with Gasteiger partial charge in [0.25, 0.3) is 0 Å². The summed E-state index contributed by atoms with van der Waals surface area (Å²) in [6, 6.07) is 0.547. The van der Waals surface area contributed by atoms with E-state index in [-0.39, 0.29) is 0 Å². The van der Waals surface area contributed by atoms with Gasteiger partial charge in [-0.1, -0.05) is 18.5 Å². The van der Waals surface area contributed by atoms with Gasteiger partial charge in [0.2, 0.25) is 5.89 Å². The number of nitrogens with zero attached hydrogens (tertiary/aromatic N) is 3. The van der Waals surface area contributed by atoms with Crippen LogP contribution in [-0.2, 0) is 13.0 Å². The molecule has 1 atom stereocenters. The summed E-state index contributed by atoms with van der Waals surface area (Å²) in [6.07, 6.45) is 3.22. The van der Waals surface area contributed by atoms with Crippen LogP contribution in [0.3, 0.4) is 0 Å². The van der Waals surface area contributed by atoms with Crippen molar-refractivity contribution in [3.05, 3.63) is 11.7 Å². The van der Waals surface area contributed by atoms with Gasteiger partial charge in [0.05, 0.1) is 6.54 Å². The van der Waals surface area contributed by atoms with Crippen molar-refractivity contribution < 1.29 is 4.52 Å². The molecule has 1 aromatic rings. The van der Waals surface area contributed by atoms with Crippen molar-refractivity contribution >= 4 is 0 Å². The molecule has 96 valence electrons. The normalized spacial score (nSPS) is 21.9. The maximum atomic E-state index is 5.28. The van der Waals surface area contributed by atoms with Crippen molar-refractivity contribution in [3.8, 4) is 0 Å². The number of nitrogens with one attached hydrogen (secondary N) is 1. The fourth-order valence-corrected chi connectivity index (χ4v) is 2.14. The van der Waals surface area contributed by atoms with Crippen LogP contribution in [0.1, 0.15) is 38.4 Å². The Morgan fingerprint density at radius 2 is 2.41 bits per heavy atom. The zero-order chi connectivity index (χ0) is 12.1. The average Bonchev–Trinajstić information content (AvgIpc) is 2.74. The van der Waals surface area contributed by atoms with Gasteiger partial charge in [-0.25, -0.2) is 0 Å². The summed E-state index contributed by atoms with van der Waals surface area (Å²) in [6.45, 7) is 8.29. The maximum Gasteiger partial charge on any atom is 0.240 e. The highest BCUT2D eigenvalue weighted by atomic mass is 16.5. The van der Waals surface area contributed by atoms with Crippen LogP contribution in [-0.4, -0.2) is 40.7 Å². The lowest BCUT2D eigenvalue weighted by Crippen LogP contribution is -2.48. The first-order chi connectivity index (χ1) is 8.28. The third kappa shape index (κ3) is 3.78. The molecule has 2 heterocycles. The molecule has 0 aromatic carbocycles. The first-order valence-corrected chi connectivity index (χ1v) is 6.55. The second kappa shape index (κ2) is 6.12. The Kier molecular flexibility index (Phi) is 4.50. The molecule has 1 N–H and O–H groups in total. The minimum atomic E-state index is 0.547. The summed E-state index contributed by atoms with van der Waals surface area (Å²) in [5.74, 6) is 1.61. The molecule has 0 aliphatic carbocycles. The second-order valence-electron chi connectivity index (χ2n) is 4.80. The third-order valence-corrected chi connectivity index (χ3v) is 3.08. The van der Waals surface area contributed by atoms with E-state index < -0.39 is 0 Å². The molecule has 5 nitrogen and oxygen atoms in total. The molecule has 0 saturated carbocycles. The van der Waals surface area contributed by atoms with Crippen molar-refractivity contribution in [2.75, 3.05) is 19.6 Å². The number of unbranched alkanes of at least 4 members (excludes halogenated alkanes) is 1. The minimum Gasteiger partial charge on any atom is -0.338 e. The Hall–Kier alpha value is -0.940. The molecular formula is C12H22N4O. The zero-order valence-electron chi connectivity index (χ0n) is 10.8. The van der Waals surface area contributed by atoms with Gasteiger partial charge in [-0.05, 0) is 13.3 Å². The molecule has 1 aliphatic heterocycles. The summed E-state index contributed by atoms with van der Waals surface area (Å²) in [4.78, 5) is 6.79. The fourth-order valence-electron chi connectivity index (χ4n) is 2.14. The lowest BCUT2D eigenvalue weighted by molar-refractivity contribution is 0.177. The Labute approximate surface area is 103 Å². The van der Waals surface area contributed by atoms with Crippen LogP contribution in [0.15, 0.2) is 4.52 Å². The van der Waals surface area contributed by atoms with Crippen LogP contribution in [0.4, 0.5) is 0 Å². The lowest BCUT2D eigenvalue weighted by atomic mass is 10.2. The molecule has 2 rings (SSSR count). The minimum absolute atomic E-state index is 0.547. The van der Waals surface area contributed by atoms with Crippen molar-refractivity contribution in [1.29, 1.82) is 0 Å². The molecule has 1 fully saturated rings. The van der Waals surface area contributed by atoms with Crippen LogP contribution >= 0.6 is 0 Å². The molecule has 0 bridgehead atoms. The van der Waals surface area contributed by atoms with E-state index in [0.29, 0.717) is 6.04 Å². The average molecular weight is 238 g/mol. The summed E-state index contributed by atoms with van der Waals surface area (Å²) < 4.78 is 5.28. The Bertz CT molecular complexity index is 339. The first-order valence-electron chi connectivity index (χ1n) is 6.55. The van der Waals surface area contributed by atoms with Crippen LogP contribution in [0.5, 0.6) is 0 Å². The van der Waals surface area contributed by atoms with Gasteiger partial charge in [0.15, 0.2) is 5.82 Å². The molecule has 1 saturated heterocycles. The first kappa shape index (κ1) is 12.5. The highest BCUT2D eigenvalue weighted by Gasteiger charge is 2.18. The van der Waals surface area contributed by atoms with Gasteiger partial charge >= 0.3 is 0 Å². The number of hydrogen-bond donors (Lipinski definition) is 1. The molecule has 1 unspecified atom stereocenters. The number of rotatable bonds is 5. The van der Waals surface area contributed by atoms with E-state index in [4.69, 9.17) is 4.52 Å². The van der Waals surface area contributed by atoms with Crippen LogP contribution in [0.2, 0.25) is 0 Å². The second-order valence-corrected chi connectivity index (χ2v) is 4.80. The summed E-state index contributed by atoms with van der Waals surface area (Å²) >= 11 is 0. The molecular weight excluding hydrogens is 216 g/mol. The van der Waals surface area contributed by atoms with E-state index in [1.807, 2.05) is 0 Å². The zero-order valence-corrected chi connectivity index (χ0v) is 10.8. The number of hydrogen-bond acceptors (Lipinski definition) is 5. The van der Waals surface area contributed by atoms with Gasteiger partial charge in [0.1, 0.15) is 0 Å². The van der Waals surface area contributed by atoms with Gasteiger partial charge < -0.3 is 9.84 Å². The fraction of sp³-hybridized carbons (Fsp3) is 0.833. The molecule has 17 heavy (non-hydrogen) atoms. The maximum absolute atomic E-state index is 5.28. The quantitative estimate of drug-likeness (QED) is 0.835. The van der Waals surface area contributed by atoms with Gasteiger partial charge in [0, 0.05) is 32.1 Å². The van der Waals surface area contributed by atoms with E-state index in [0.717, 1.165) is 50.7 Å². The van der Waals surface area contributed by atoms with Crippen molar-refractivity contribution in [1.82, 2.24) is 20.4 Å². The van der Waals surface area contributed by atoms with Crippen molar-refractivity contribution in [2.45, 2.75) is 45.7 Å². The molecule has 1 aromatic heterocycles. The van der Waals surface area contributed by atoms with Crippen LogP contribution < -0.4 is 5.32 Å². The molecule has 0 spiro atoms. The standard InChI is InChI=1S/C12H22N4O/c1-3-4-5-11-14-12(17-15-11)9-16-7-6-13-10(2)8-16/h10,13H,3-9H2,1-2H3. The van der Waals surface area contributed by atoms with E-state index in [2.05, 4.69) is 34.2 Å². The number of aryl methyl sites for hydroxylation is 1. The molecule has 0 radical (unpaired) electrons. The molecule has 0 amide bonds. The van der Waals surface area contributed by atoms with E-state index in [9.17, 15) is 0 Å². The topological polar surface area (TPSA) is 54.2 Å². The van der Waals surface area contributed by atoms with E-state index >= 15 is 0 Å². The lowest BCUT2D eigenvalue weighted by Gasteiger charge is -2.30. The van der Waals surface area contributed by atoms with Gasteiger partial charge in [-0.2, -0.15) is 4.98 Å². The van der Waals surface area contributed by atoms with Crippen LogP contribution in [0.25, 0.3) is 0 Å².